The highest BCUT2D eigenvalue weighted by Gasteiger charge is 2.20. The molecule has 25 heavy (non-hydrogen) atoms. The highest BCUT2D eigenvalue weighted by molar-refractivity contribution is 14.0. The van der Waals surface area contributed by atoms with Crippen molar-refractivity contribution in [1.82, 2.24) is 10.6 Å². The summed E-state index contributed by atoms with van der Waals surface area (Å²) in [5.41, 5.74) is 0.977. The van der Waals surface area contributed by atoms with Gasteiger partial charge in [-0.05, 0) is 37.0 Å². The van der Waals surface area contributed by atoms with Gasteiger partial charge in [0.05, 0.1) is 0 Å². The molecule has 1 fully saturated rings. The van der Waals surface area contributed by atoms with Crippen LogP contribution >= 0.6 is 24.0 Å². The minimum atomic E-state index is -0.168. The lowest BCUT2D eigenvalue weighted by atomic mass is 10.0. The van der Waals surface area contributed by atoms with Crippen LogP contribution in [0.25, 0.3) is 0 Å². The number of nitrogens with one attached hydrogen (secondary N) is 2. The first kappa shape index (κ1) is 22.0. The predicted octanol–water partition coefficient (Wildman–Crippen LogP) is 4.01. The number of hydrogen-bond donors (Lipinski definition) is 2. The standard InChI is InChI=1S/C19H31FN4.HI/c1-4-15(5-2)14-22-19(21-3)23-17-9-11-24(12-10-17)18-8-6-7-16(20)13-18;/h6-8,13,15,17H,4-5,9-12,14H2,1-3H3,(H2,21,22,23);1H. The maximum atomic E-state index is 13.4. The van der Waals surface area contributed by atoms with E-state index in [4.69, 9.17) is 0 Å². The van der Waals surface area contributed by atoms with Gasteiger partial charge in [0.1, 0.15) is 5.82 Å². The fourth-order valence-electron chi connectivity index (χ4n) is 3.16. The molecule has 0 spiro atoms. The Hall–Kier alpha value is -1.05. The van der Waals surface area contributed by atoms with E-state index in [2.05, 4.69) is 34.4 Å². The first-order valence-electron chi connectivity index (χ1n) is 9.13. The van der Waals surface area contributed by atoms with Crippen LogP contribution in [0.3, 0.4) is 0 Å². The van der Waals surface area contributed by atoms with Crippen molar-refractivity contribution in [3.8, 4) is 0 Å². The fourth-order valence-corrected chi connectivity index (χ4v) is 3.16. The lowest BCUT2D eigenvalue weighted by molar-refractivity contribution is 0.449. The average molecular weight is 462 g/mol. The summed E-state index contributed by atoms with van der Waals surface area (Å²) < 4.78 is 13.4. The molecule has 2 N–H and O–H groups in total. The van der Waals surface area contributed by atoms with Gasteiger partial charge in [-0.1, -0.05) is 32.8 Å². The zero-order valence-corrected chi connectivity index (χ0v) is 17.9. The van der Waals surface area contributed by atoms with Gasteiger partial charge in [-0.25, -0.2) is 4.39 Å². The van der Waals surface area contributed by atoms with E-state index in [1.54, 1.807) is 12.1 Å². The van der Waals surface area contributed by atoms with Crippen molar-refractivity contribution >= 4 is 35.6 Å². The van der Waals surface area contributed by atoms with Crippen LogP contribution in [0, 0.1) is 11.7 Å². The van der Waals surface area contributed by atoms with Gasteiger partial charge in [0.15, 0.2) is 5.96 Å². The second-order valence-electron chi connectivity index (χ2n) is 6.52. The van der Waals surface area contributed by atoms with E-state index >= 15 is 0 Å². The molecule has 6 heteroatoms. The van der Waals surface area contributed by atoms with Crippen LogP contribution in [0.4, 0.5) is 10.1 Å². The molecule has 0 bridgehead atoms. The molecule has 1 aliphatic heterocycles. The first-order chi connectivity index (χ1) is 11.7. The molecular weight excluding hydrogens is 430 g/mol. The summed E-state index contributed by atoms with van der Waals surface area (Å²) in [6.45, 7) is 7.30. The topological polar surface area (TPSA) is 39.7 Å². The van der Waals surface area contributed by atoms with Crippen LogP contribution < -0.4 is 15.5 Å². The highest BCUT2D eigenvalue weighted by Crippen LogP contribution is 2.20. The van der Waals surface area contributed by atoms with Crippen molar-refractivity contribution < 1.29 is 4.39 Å². The number of anilines is 1. The third-order valence-corrected chi connectivity index (χ3v) is 4.95. The molecule has 0 saturated carbocycles. The molecular formula is C19H32FIN4. The van der Waals surface area contributed by atoms with Crippen LogP contribution in [0.1, 0.15) is 39.5 Å². The summed E-state index contributed by atoms with van der Waals surface area (Å²) in [5, 5.41) is 6.98. The van der Waals surface area contributed by atoms with Crippen LogP contribution in [0.2, 0.25) is 0 Å². The second kappa shape index (κ2) is 11.5. The van der Waals surface area contributed by atoms with E-state index in [1.807, 2.05) is 13.1 Å². The van der Waals surface area contributed by atoms with E-state index in [-0.39, 0.29) is 29.8 Å². The number of aliphatic imine (C=N–C) groups is 1. The molecule has 2 rings (SSSR count). The summed E-state index contributed by atoms with van der Waals surface area (Å²) >= 11 is 0. The number of nitrogens with zero attached hydrogens (tertiary/aromatic N) is 2. The molecule has 1 aromatic carbocycles. The Labute approximate surface area is 168 Å². The van der Waals surface area contributed by atoms with Crippen LogP contribution in [0.5, 0.6) is 0 Å². The van der Waals surface area contributed by atoms with E-state index in [0.717, 1.165) is 44.1 Å². The Morgan fingerprint density at radius 3 is 2.52 bits per heavy atom. The molecule has 0 aliphatic carbocycles. The molecule has 1 aromatic rings. The van der Waals surface area contributed by atoms with Crippen molar-refractivity contribution in [3.05, 3.63) is 30.1 Å². The Balaban J connectivity index is 0.00000312. The number of hydrogen-bond acceptors (Lipinski definition) is 2. The Morgan fingerprint density at radius 2 is 1.96 bits per heavy atom. The van der Waals surface area contributed by atoms with Crippen molar-refractivity contribution in [2.45, 2.75) is 45.6 Å². The van der Waals surface area contributed by atoms with E-state index in [1.165, 1.54) is 18.9 Å². The summed E-state index contributed by atoms with van der Waals surface area (Å²) in [6.07, 6.45) is 4.43. The van der Waals surface area contributed by atoms with Gasteiger partial charge in [-0.15, -0.1) is 24.0 Å². The van der Waals surface area contributed by atoms with E-state index in [0.29, 0.717) is 12.0 Å². The Kier molecular flexibility index (Phi) is 10.2. The Bertz CT molecular complexity index is 526. The molecule has 4 nitrogen and oxygen atoms in total. The third kappa shape index (κ3) is 6.99. The first-order valence-corrected chi connectivity index (χ1v) is 9.13. The molecule has 0 unspecified atom stereocenters. The zero-order valence-electron chi connectivity index (χ0n) is 15.6. The van der Waals surface area contributed by atoms with Crippen LogP contribution in [-0.4, -0.2) is 38.7 Å². The molecule has 1 heterocycles. The third-order valence-electron chi connectivity index (χ3n) is 4.95. The van der Waals surface area contributed by atoms with Gasteiger partial charge < -0.3 is 15.5 Å². The van der Waals surface area contributed by atoms with Gasteiger partial charge in [-0.3, -0.25) is 4.99 Å². The molecule has 0 atom stereocenters. The average Bonchev–Trinajstić information content (AvgIpc) is 2.62. The monoisotopic (exact) mass is 462 g/mol. The quantitative estimate of drug-likeness (QED) is 0.381. The lowest BCUT2D eigenvalue weighted by Crippen LogP contribution is -2.49. The predicted molar refractivity (Wildman–Crippen MR) is 116 cm³/mol. The van der Waals surface area contributed by atoms with Gasteiger partial charge in [-0.2, -0.15) is 0 Å². The number of halogens is 2. The zero-order chi connectivity index (χ0) is 17.4. The fraction of sp³-hybridized carbons (Fsp3) is 0.632. The molecule has 0 amide bonds. The van der Waals surface area contributed by atoms with Gasteiger partial charge >= 0.3 is 0 Å². The van der Waals surface area contributed by atoms with Gasteiger partial charge in [0.2, 0.25) is 0 Å². The second-order valence-corrected chi connectivity index (χ2v) is 6.52. The summed E-state index contributed by atoms with van der Waals surface area (Å²) in [5.74, 6) is 1.42. The molecule has 0 aromatic heterocycles. The summed E-state index contributed by atoms with van der Waals surface area (Å²) in [6, 6.07) is 7.28. The van der Waals surface area contributed by atoms with Crippen molar-refractivity contribution in [2.24, 2.45) is 10.9 Å². The van der Waals surface area contributed by atoms with Crippen molar-refractivity contribution in [2.75, 3.05) is 31.6 Å². The van der Waals surface area contributed by atoms with Crippen molar-refractivity contribution in [3.63, 3.8) is 0 Å². The maximum Gasteiger partial charge on any atom is 0.191 e. The van der Waals surface area contributed by atoms with Gasteiger partial charge in [0.25, 0.3) is 0 Å². The van der Waals surface area contributed by atoms with E-state index in [9.17, 15) is 4.39 Å². The van der Waals surface area contributed by atoms with Gasteiger partial charge in [0, 0.05) is 38.4 Å². The van der Waals surface area contributed by atoms with Crippen LogP contribution in [0.15, 0.2) is 29.3 Å². The molecule has 142 valence electrons. The largest absolute Gasteiger partial charge is 0.371 e. The molecule has 0 radical (unpaired) electrons. The number of piperidine rings is 1. The summed E-state index contributed by atoms with van der Waals surface area (Å²) in [4.78, 5) is 6.59. The lowest BCUT2D eigenvalue weighted by Gasteiger charge is -2.34. The Morgan fingerprint density at radius 1 is 1.28 bits per heavy atom. The number of rotatable bonds is 6. The highest BCUT2D eigenvalue weighted by atomic mass is 127. The normalized spacial score (nSPS) is 15.9. The van der Waals surface area contributed by atoms with E-state index < -0.39 is 0 Å². The minimum absolute atomic E-state index is 0. The van der Waals surface area contributed by atoms with Crippen LogP contribution in [-0.2, 0) is 0 Å². The molecule has 1 saturated heterocycles. The smallest absolute Gasteiger partial charge is 0.191 e. The maximum absolute atomic E-state index is 13.4. The minimum Gasteiger partial charge on any atom is -0.371 e. The molecule has 1 aliphatic rings. The summed E-state index contributed by atoms with van der Waals surface area (Å²) in [7, 11) is 1.82. The number of benzene rings is 1. The van der Waals surface area contributed by atoms with Crippen molar-refractivity contribution in [1.29, 1.82) is 0 Å². The number of guanidine groups is 1. The SMILES string of the molecule is CCC(CC)CNC(=NC)NC1CCN(c2cccc(F)c2)CC1.I.